The highest BCUT2D eigenvalue weighted by molar-refractivity contribution is 9.10. The summed E-state index contributed by atoms with van der Waals surface area (Å²) in [5.74, 6) is 0.516. The second kappa shape index (κ2) is 5.79. The molecule has 0 aliphatic carbocycles. The standard InChI is InChI=1S/C10H14BrN3O2/c1-7-10(12-6-9(11)13-7)16-5-4-14(3)8(2)15/h6H,4-5H2,1-3H3. The van der Waals surface area contributed by atoms with E-state index in [9.17, 15) is 4.79 Å². The van der Waals surface area contributed by atoms with Crippen LogP contribution in [0.25, 0.3) is 0 Å². The van der Waals surface area contributed by atoms with Crippen LogP contribution in [0, 0.1) is 6.92 Å². The van der Waals surface area contributed by atoms with Crippen molar-refractivity contribution in [1.29, 1.82) is 0 Å². The lowest BCUT2D eigenvalue weighted by molar-refractivity contribution is -0.127. The van der Waals surface area contributed by atoms with Crippen LogP contribution in [0.1, 0.15) is 12.6 Å². The third-order valence-electron chi connectivity index (χ3n) is 2.08. The zero-order valence-electron chi connectivity index (χ0n) is 9.53. The molecule has 0 saturated carbocycles. The topological polar surface area (TPSA) is 55.3 Å². The summed E-state index contributed by atoms with van der Waals surface area (Å²) >= 11 is 3.22. The smallest absolute Gasteiger partial charge is 0.235 e. The highest BCUT2D eigenvalue weighted by atomic mass is 79.9. The molecule has 1 rings (SSSR count). The summed E-state index contributed by atoms with van der Waals surface area (Å²) < 4.78 is 6.10. The summed E-state index contributed by atoms with van der Waals surface area (Å²) in [5, 5.41) is 0. The van der Waals surface area contributed by atoms with Gasteiger partial charge in [0.2, 0.25) is 11.8 Å². The predicted octanol–water partition coefficient (Wildman–Crippen LogP) is 1.40. The molecular formula is C10H14BrN3O2. The molecule has 0 saturated heterocycles. The van der Waals surface area contributed by atoms with Gasteiger partial charge < -0.3 is 9.64 Å². The Morgan fingerprint density at radius 3 is 2.88 bits per heavy atom. The summed E-state index contributed by atoms with van der Waals surface area (Å²) in [5.41, 5.74) is 0.722. The van der Waals surface area contributed by atoms with Gasteiger partial charge in [-0.2, -0.15) is 0 Å². The van der Waals surface area contributed by atoms with Crippen molar-refractivity contribution in [3.63, 3.8) is 0 Å². The average Bonchev–Trinajstić information content (AvgIpc) is 2.20. The second-order valence-electron chi connectivity index (χ2n) is 3.37. The monoisotopic (exact) mass is 287 g/mol. The van der Waals surface area contributed by atoms with E-state index in [2.05, 4.69) is 25.9 Å². The largest absolute Gasteiger partial charge is 0.474 e. The van der Waals surface area contributed by atoms with Gasteiger partial charge in [-0.3, -0.25) is 4.79 Å². The van der Waals surface area contributed by atoms with E-state index in [1.165, 1.54) is 6.92 Å². The second-order valence-corrected chi connectivity index (χ2v) is 4.18. The van der Waals surface area contributed by atoms with Crippen LogP contribution in [0.5, 0.6) is 5.88 Å². The quantitative estimate of drug-likeness (QED) is 0.840. The van der Waals surface area contributed by atoms with Crippen LogP contribution in [-0.4, -0.2) is 41.0 Å². The first-order valence-corrected chi connectivity index (χ1v) is 5.63. The van der Waals surface area contributed by atoms with Crippen LogP contribution in [-0.2, 0) is 4.79 Å². The van der Waals surface area contributed by atoms with Crippen molar-refractivity contribution < 1.29 is 9.53 Å². The SMILES string of the molecule is CC(=O)N(C)CCOc1ncc(Br)nc1C. The number of aryl methyl sites for hydroxylation is 1. The van der Waals surface area contributed by atoms with Crippen molar-refractivity contribution in [2.75, 3.05) is 20.2 Å². The van der Waals surface area contributed by atoms with Gasteiger partial charge >= 0.3 is 0 Å². The summed E-state index contributed by atoms with van der Waals surface area (Å²) in [6.07, 6.45) is 1.58. The fourth-order valence-electron chi connectivity index (χ4n) is 1.02. The van der Waals surface area contributed by atoms with Crippen molar-refractivity contribution >= 4 is 21.8 Å². The number of hydrogen-bond donors (Lipinski definition) is 0. The normalized spacial score (nSPS) is 10.0. The van der Waals surface area contributed by atoms with Crippen LogP contribution in [0.2, 0.25) is 0 Å². The van der Waals surface area contributed by atoms with Gasteiger partial charge in [-0.1, -0.05) is 0 Å². The molecule has 1 heterocycles. The highest BCUT2D eigenvalue weighted by Gasteiger charge is 2.05. The predicted molar refractivity (Wildman–Crippen MR) is 63.3 cm³/mol. The molecule has 0 unspecified atom stereocenters. The number of likely N-dealkylation sites (N-methyl/N-ethyl adjacent to an activating group) is 1. The summed E-state index contributed by atoms with van der Waals surface area (Å²) in [6.45, 7) is 4.28. The lowest BCUT2D eigenvalue weighted by Crippen LogP contribution is -2.28. The van der Waals surface area contributed by atoms with Gasteiger partial charge in [-0.25, -0.2) is 9.97 Å². The van der Waals surface area contributed by atoms with E-state index in [4.69, 9.17) is 4.74 Å². The van der Waals surface area contributed by atoms with E-state index in [1.807, 2.05) is 6.92 Å². The van der Waals surface area contributed by atoms with Gasteiger partial charge in [-0.15, -0.1) is 0 Å². The lowest BCUT2D eigenvalue weighted by atomic mass is 10.5. The highest BCUT2D eigenvalue weighted by Crippen LogP contribution is 2.14. The van der Waals surface area contributed by atoms with Crippen molar-refractivity contribution in [2.45, 2.75) is 13.8 Å². The Balaban J connectivity index is 2.46. The molecular weight excluding hydrogens is 274 g/mol. The van der Waals surface area contributed by atoms with Crippen LogP contribution < -0.4 is 4.74 Å². The fraction of sp³-hybridized carbons (Fsp3) is 0.500. The number of rotatable bonds is 4. The molecule has 0 N–H and O–H groups in total. The Bertz CT molecular complexity index is 384. The van der Waals surface area contributed by atoms with Crippen molar-refractivity contribution in [2.24, 2.45) is 0 Å². The molecule has 0 aliphatic rings. The van der Waals surface area contributed by atoms with E-state index in [0.29, 0.717) is 23.6 Å². The maximum absolute atomic E-state index is 10.9. The molecule has 1 aromatic heterocycles. The first-order chi connectivity index (χ1) is 7.50. The third kappa shape index (κ3) is 3.77. The average molecular weight is 288 g/mol. The Labute approximate surface area is 103 Å². The Morgan fingerprint density at radius 2 is 2.31 bits per heavy atom. The summed E-state index contributed by atoms with van der Waals surface area (Å²) in [4.78, 5) is 20.8. The first-order valence-electron chi connectivity index (χ1n) is 4.84. The minimum Gasteiger partial charge on any atom is -0.474 e. The molecule has 16 heavy (non-hydrogen) atoms. The third-order valence-corrected chi connectivity index (χ3v) is 2.46. The maximum atomic E-state index is 10.9. The number of carbonyl (C=O) groups is 1. The molecule has 0 spiro atoms. The van der Waals surface area contributed by atoms with Crippen LogP contribution >= 0.6 is 15.9 Å². The Kier molecular flexibility index (Phi) is 4.67. The minimum absolute atomic E-state index is 0.0159. The van der Waals surface area contributed by atoms with Gasteiger partial charge in [0.05, 0.1) is 12.7 Å². The zero-order chi connectivity index (χ0) is 12.1. The molecule has 88 valence electrons. The van der Waals surface area contributed by atoms with Crippen LogP contribution in [0.4, 0.5) is 0 Å². The van der Waals surface area contributed by atoms with E-state index in [1.54, 1.807) is 18.1 Å². The van der Waals surface area contributed by atoms with Crippen LogP contribution in [0.15, 0.2) is 10.8 Å². The minimum atomic E-state index is 0.0159. The molecule has 0 aromatic carbocycles. The fourth-order valence-corrected chi connectivity index (χ4v) is 1.39. The van der Waals surface area contributed by atoms with Crippen molar-refractivity contribution in [1.82, 2.24) is 14.9 Å². The number of nitrogens with zero attached hydrogens (tertiary/aromatic N) is 3. The van der Waals surface area contributed by atoms with Crippen LogP contribution in [0.3, 0.4) is 0 Å². The molecule has 0 radical (unpaired) electrons. The molecule has 6 heteroatoms. The number of carbonyl (C=O) groups excluding carboxylic acids is 1. The van der Waals surface area contributed by atoms with Gasteiger partial charge in [0.15, 0.2) is 0 Å². The van der Waals surface area contributed by atoms with E-state index < -0.39 is 0 Å². The number of aromatic nitrogens is 2. The Morgan fingerprint density at radius 1 is 1.62 bits per heavy atom. The van der Waals surface area contributed by atoms with Gasteiger partial charge in [0.1, 0.15) is 16.9 Å². The van der Waals surface area contributed by atoms with Crippen molar-refractivity contribution in [3.05, 3.63) is 16.5 Å². The molecule has 0 bridgehead atoms. The summed E-state index contributed by atoms with van der Waals surface area (Å²) in [6, 6.07) is 0. The van der Waals surface area contributed by atoms with Gasteiger partial charge in [0.25, 0.3) is 0 Å². The van der Waals surface area contributed by atoms with Gasteiger partial charge in [0, 0.05) is 14.0 Å². The lowest BCUT2D eigenvalue weighted by Gasteiger charge is -2.15. The number of ether oxygens (including phenoxy) is 1. The van der Waals surface area contributed by atoms with E-state index >= 15 is 0 Å². The molecule has 0 atom stereocenters. The molecule has 0 fully saturated rings. The first kappa shape index (κ1) is 12.9. The number of amides is 1. The summed E-state index contributed by atoms with van der Waals surface area (Å²) in [7, 11) is 1.73. The maximum Gasteiger partial charge on any atom is 0.235 e. The van der Waals surface area contributed by atoms with Gasteiger partial charge in [-0.05, 0) is 22.9 Å². The number of halogens is 1. The molecule has 1 aromatic rings. The molecule has 0 aliphatic heterocycles. The molecule has 1 amide bonds. The van der Waals surface area contributed by atoms with Crippen molar-refractivity contribution in [3.8, 4) is 5.88 Å². The zero-order valence-corrected chi connectivity index (χ0v) is 11.1. The number of hydrogen-bond acceptors (Lipinski definition) is 4. The molecule has 5 nitrogen and oxygen atoms in total. The van der Waals surface area contributed by atoms with E-state index in [-0.39, 0.29) is 5.91 Å². The van der Waals surface area contributed by atoms with E-state index in [0.717, 1.165) is 5.69 Å². The Hall–Kier alpha value is -1.17.